The lowest BCUT2D eigenvalue weighted by molar-refractivity contribution is 0.0917. The third kappa shape index (κ3) is 4.14. The van der Waals surface area contributed by atoms with Gasteiger partial charge in [-0.2, -0.15) is 0 Å². The Morgan fingerprint density at radius 3 is 1.42 bits per heavy atom. The first-order chi connectivity index (χ1) is 12.5. The second kappa shape index (κ2) is 7.91. The zero-order valence-electron chi connectivity index (χ0n) is 15.1. The SMILES string of the molecule is C[C@@H]1CN(C(=O)Nc2ccccc2)[C@H](C)CN1C(=O)Nc1ccccc1. The molecule has 1 aliphatic rings. The van der Waals surface area contributed by atoms with Crippen molar-refractivity contribution in [1.29, 1.82) is 0 Å². The van der Waals surface area contributed by atoms with Crippen molar-refractivity contribution < 1.29 is 9.59 Å². The van der Waals surface area contributed by atoms with Crippen molar-refractivity contribution in [1.82, 2.24) is 9.80 Å². The Kier molecular flexibility index (Phi) is 5.41. The van der Waals surface area contributed by atoms with E-state index in [2.05, 4.69) is 10.6 Å². The highest BCUT2D eigenvalue weighted by Crippen LogP contribution is 2.18. The minimum Gasteiger partial charge on any atom is -0.318 e. The number of piperazine rings is 1. The predicted octanol–water partition coefficient (Wildman–Crippen LogP) is 3.85. The van der Waals surface area contributed by atoms with E-state index in [1.807, 2.05) is 74.5 Å². The van der Waals surface area contributed by atoms with Crippen LogP contribution in [-0.2, 0) is 0 Å². The lowest BCUT2D eigenvalue weighted by atomic mass is 10.1. The molecule has 4 amide bonds. The van der Waals surface area contributed by atoms with E-state index < -0.39 is 0 Å². The zero-order valence-corrected chi connectivity index (χ0v) is 15.1. The number of rotatable bonds is 2. The molecule has 26 heavy (non-hydrogen) atoms. The summed E-state index contributed by atoms with van der Waals surface area (Å²) in [6.45, 7) is 4.89. The number of amides is 4. The summed E-state index contributed by atoms with van der Waals surface area (Å²) in [5.74, 6) is 0. The number of hydrogen-bond acceptors (Lipinski definition) is 2. The number of nitrogens with one attached hydrogen (secondary N) is 2. The first-order valence-corrected chi connectivity index (χ1v) is 8.80. The van der Waals surface area contributed by atoms with Gasteiger partial charge < -0.3 is 20.4 Å². The summed E-state index contributed by atoms with van der Waals surface area (Å²) in [4.78, 5) is 28.7. The van der Waals surface area contributed by atoms with Crippen molar-refractivity contribution in [2.75, 3.05) is 23.7 Å². The third-order valence-corrected chi connectivity index (χ3v) is 4.56. The first kappa shape index (κ1) is 17.8. The molecule has 0 aliphatic carbocycles. The number of hydrogen-bond donors (Lipinski definition) is 2. The van der Waals surface area contributed by atoms with Crippen LogP contribution in [0.3, 0.4) is 0 Å². The molecule has 0 bridgehead atoms. The second-order valence-electron chi connectivity index (χ2n) is 6.60. The predicted molar refractivity (Wildman–Crippen MR) is 103 cm³/mol. The highest BCUT2D eigenvalue weighted by molar-refractivity contribution is 5.91. The lowest BCUT2D eigenvalue weighted by Gasteiger charge is -2.43. The van der Waals surface area contributed by atoms with Gasteiger partial charge in [0.2, 0.25) is 0 Å². The fraction of sp³-hybridized carbons (Fsp3) is 0.300. The van der Waals surface area contributed by atoms with Crippen molar-refractivity contribution >= 4 is 23.4 Å². The van der Waals surface area contributed by atoms with E-state index in [1.165, 1.54) is 0 Å². The summed E-state index contributed by atoms with van der Waals surface area (Å²) >= 11 is 0. The van der Waals surface area contributed by atoms with Gasteiger partial charge in [-0.25, -0.2) is 9.59 Å². The smallest absolute Gasteiger partial charge is 0.318 e. The molecule has 0 spiro atoms. The molecule has 1 aliphatic heterocycles. The molecule has 6 nitrogen and oxygen atoms in total. The van der Waals surface area contributed by atoms with Crippen LogP contribution >= 0.6 is 0 Å². The Morgan fingerprint density at radius 1 is 0.731 bits per heavy atom. The molecular formula is C20H24N4O2. The van der Waals surface area contributed by atoms with E-state index in [4.69, 9.17) is 0 Å². The maximum atomic E-state index is 12.6. The largest absolute Gasteiger partial charge is 0.322 e. The maximum Gasteiger partial charge on any atom is 0.322 e. The Bertz CT molecular complexity index is 685. The van der Waals surface area contributed by atoms with E-state index >= 15 is 0 Å². The van der Waals surface area contributed by atoms with E-state index in [0.29, 0.717) is 13.1 Å². The van der Waals surface area contributed by atoms with Gasteiger partial charge in [0.15, 0.2) is 0 Å². The average Bonchev–Trinajstić information content (AvgIpc) is 2.64. The van der Waals surface area contributed by atoms with E-state index in [0.717, 1.165) is 11.4 Å². The highest BCUT2D eigenvalue weighted by atomic mass is 16.2. The summed E-state index contributed by atoms with van der Waals surface area (Å²) in [6.07, 6.45) is 0. The molecule has 3 rings (SSSR count). The fourth-order valence-electron chi connectivity index (χ4n) is 3.13. The van der Waals surface area contributed by atoms with Gasteiger partial charge in [-0.1, -0.05) is 36.4 Å². The van der Waals surface area contributed by atoms with Crippen LogP contribution < -0.4 is 10.6 Å². The summed E-state index contributed by atoms with van der Waals surface area (Å²) in [5.41, 5.74) is 1.53. The lowest BCUT2D eigenvalue weighted by Crippen LogP contribution is -2.61. The summed E-state index contributed by atoms with van der Waals surface area (Å²) < 4.78 is 0. The van der Waals surface area contributed by atoms with Crippen LogP contribution in [0.1, 0.15) is 13.8 Å². The van der Waals surface area contributed by atoms with Gasteiger partial charge in [-0.3, -0.25) is 0 Å². The summed E-state index contributed by atoms with van der Waals surface area (Å²) in [5, 5.41) is 5.83. The van der Waals surface area contributed by atoms with Gasteiger partial charge in [0.25, 0.3) is 0 Å². The van der Waals surface area contributed by atoms with E-state index in [9.17, 15) is 9.59 Å². The van der Waals surface area contributed by atoms with Crippen molar-refractivity contribution in [2.45, 2.75) is 25.9 Å². The minimum absolute atomic E-state index is 0.0727. The molecular weight excluding hydrogens is 328 g/mol. The highest BCUT2D eigenvalue weighted by Gasteiger charge is 2.34. The van der Waals surface area contributed by atoms with Crippen molar-refractivity contribution in [3.8, 4) is 0 Å². The molecule has 0 unspecified atom stereocenters. The quantitative estimate of drug-likeness (QED) is 0.862. The second-order valence-corrected chi connectivity index (χ2v) is 6.60. The van der Waals surface area contributed by atoms with Crippen molar-refractivity contribution in [2.24, 2.45) is 0 Å². The number of para-hydroxylation sites is 2. The monoisotopic (exact) mass is 352 g/mol. The molecule has 1 saturated heterocycles. The molecule has 2 aromatic rings. The molecule has 6 heteroatoms. The Hall–Kier alpha value is -3.02. The Labute approximate surface area is 153 Å². The van der Waals surface area contributed by atoms with Crippen LogP contribution in [-0.4, -0.2) is 47.0 Å². The summed E-state index contributed by atoms with van der Waals surface area (Å²) in [7, 11) is 0. The maximum absolute atomic E-state index is 12.6. The van der Waals surface area contributed by atoms with Gasteiger partial charge in [0.1, 0.15) is 0 Å². The van der Waals surface area contributed by atoms with Crippen LogP contribution in [0.25, 0.3) is 0 Å². The molecule has 0 radical (unpaired) electrons. The fourth-order valence-corrected chi connectivity index (χ4v) is 3.13. The van der Waals surface area contributed by atoms with E-state index in [1.54, 1.807) is 9.80 Å². The molecule has 2 aromatic carbocycles. The molecule has 0 saturated carbocycles. The number of anilines is 2. The number of benzene rings is 2. The first-order valence-electron chi connectivity index (χ1n) is 8.80. The topological polar surface area (TPSA) is 64.7 Å². The standard InChI is InChI=1S/C20H24N4O2/c1-15-13-24(20(26)22-18-11-7-4-8-12-18)16(2)14-23(15)19(25)21-17-9-5-3-6-10-17/h3-12,15-16H,13-14H2,1-2H3,(H,21,25)(H,22,26)/t15-,16-/m1/s1. The van der Waals surface area contributed by atoms with Gasteiger partial charge in [-0.05, 0) is 38.1 Å². The Balaban J connectivity index is 1.61. The van der Waals surface area contributed by atoms with Crippen LogP contribution in [0, 0.1) is 0 Å². The van der Waals surface area contributed by atoms with Crippen LogP contribution in [0.15, 0.2) is 60.7 Å². The van der Waals surface area contributed by atoms with E-state index in [-0.39, 0.29) is 24.1 Å². The zero-order chi connectivity index (χ0) is 18.5. The molecule has 2 N–H and O–H groups in total. The van der Waals surface area contributed by atoms with Gasteiger partial charge in [-0.15, -0.1) is 0 Å². The normalized spacial score (nSPS) is 19.8. The third-order valence-electron chi connectivity index (χ3n) is 4.56. The average molecular weight is 352 g/mol. The van der Waals surface area contributed by atoms with Crippen LogP contribution in [0.2, 0.25) is 0 Å². The number of nitrogens with zero attached hydrogens (tertiary/aromatic N) is 2. The van der Waals surface area contributed by atoms with Gasteiger partial charge >= 0.3 is 12.1 Å². The van der Waals surface area contributed by atoms with Crippen LogP contribution in [0.5, 0.6) is 0 Å². The number of urea groups is 2. The number of carbonyl (C=O) groups is 2. The van der Waals surface area contributed by atoms with Crippen molar-refractivity contribution in [3.63, 3.8) is 0 Å². The number of carbonyl (C=O) groups excluding carboxylic acids is 2. The molecule has 1 heterocycles. The summed E-state index contributed by atoms with van der Waals surface area (Å²) in [6, 6.07) is 18.3. The Morgan fingerprint density at radius 2 is 1.08 bits per heavy atom. The molecule has 0 aromatic heterocycles. The molecule has 2 atom stereocenters. The molecule has 1 fully saturated rings. The van der Waals surface area contributed by atoms with Crippen molar-refractivity contribution in [3.05, 3.63) is 60.7 Å². The van der Waals surface area contributed by atoms with Gasteiger partial charge in [0.05, 0.1) is 0 Å². The minimum atomic E-state index is -0.140. The van der Waals surface area contributed by atoms with Crippen LogP contribution in [0.4, 0.5) is 21.0 Å². The molecule has 136 valence electrons. The van der Waals surface area contributed by atoms with Gasteiger partial charge in [0, 0.05) is 36.5 Å².